The molecule has 20 heavy (non-hydrogen) atoms. The van der Waals surface area contributed by atoms with E-state index in [1.54, 1.807) is 18.2 Å². The standard InChI is InChI=1S/C16H17ClN2O/c1-10(2)11-4-3-5-13(8-11)19-16(20)14-7-6-12(17)9-15(14)18/h3-10H,18H2,1-2H3,(H,19,20). The second-order valence-electron chi connectivity index (χ2n) is 4.97. The molecule has 2 aromatic carbocycles. The molecule has 0 spiro atoms. The van der Waals surface area contributed by atoms with Crippen molar-refractivity contribution in [1.82, 2.24) is 0 Å². The summed E-state index contributed by atoms with van der Waals surface area (Å²) < 4.78 is 0. The Kier molecular flexibility index (Phi) is 4.30. The zero-order valence-electron chi connectivity index (χ0n) is 11.5. The quantitative estimate of drug-likeness (QED) is 0.828. The molecule has 4 heteroatoms. The molecule has 2 rings (SSSR count). The lowest BCUT2D eigenvalue weighted by Crippen LogP contribution is -2.14. The number of carbonyl (C=O) groups excluding carboxylic acids is 1. The zero-order valence-corrected chi connectivity index (χ0v) is 12.2. The van der Waals surface area contributed by atoms with Gasteiger partial charge in [-0.3, -0.25) is 4.79 Å². The Bertz CT molecular complexity index is 638. The molecule has 1 amide bonds. The van der Waals surface area contributed by atoms with Crippen LogP contribution in [0.25, 0.3) is 0 Å². The van der Waals surface area contributed by atoms with Gasteiger partial charge in [0.25, 0.3) is 5.91 Å². The molecule has 0 saturated carbocycles. The van der Waals surface area contributed by atoms with E-state index in [1.807, 2.05) is 24.3 Å². The average Bonchev–Trinajstić information content (AvgIpc) is 2.38. The SMILES string of the molecule is CC(C)c1cccc(NC(=O)c2ccc(Cl)cc2N)c1. The van der Waals surface area contributed by atoms with Crippen LogP contribution in [0.2, 0.25) is 5.02 Å². The number of amides is 1. The van der Waals surface area contributed by atoms with Crippen molar-refractivity contribution >= 4 is 28.9 Å². The van der Waals surface area contributed by atoms with Crippen LogP contribution in [0.4, 0.5) is 11.4 Å². The number of rotatable bonds is 3. The van der Waals surface area contributed by atoms with Crippen molar-refractivity contribution in [3.63, 3.8) is 0 Å². The second-order valence-corrected chi connectivity index (χ2v) is 5.40. The van der Waals surface area contributed by atoms with Gasteiger partial charge < -0.3 is 11.1 Å². The first kappa shape index (κ1) is 14.4. The van der Waals surface area contributed by atoms with E-state index < -0.39 is 0 Å². The molecule has 0 aromatic heterocycles. The molecule has 0 aliphatic heterocycles. The van der Waals surface area contributed by atoms with Crippen molar-refractivity contribution in [1.29, 1.82) is 0 Å². The maximum Gasteiger partial charge on any atom is 0.257 e. The highest BCUT2D eigenvalue weighted by Crippen LogP contribution is 2.21. The Labute approximate surface area is 123 Å². The minimum Gasteiger partial charge on any atom is -0.398 e. The Hall–Kier alpha value is -2.00. The van der Waals surface area contributed by atoms with Gasteiger partial charge in [0.15, 0.2) is 0 Å². The molecule has 3 N–H and O–H groups in total. The van der Waals surface area contributed by atoms with E-state index in [1.165, 1.54) is 5.56 Å². The monoisotopic (exact) mass is 288 g/mol. The van der Waals surface area contributed by atoms with Crippen LogP contribution >= 0.6 is 11.6 Å². The Morgan fingerprint density at radius 3 is 2.60 bits per heavy atom. The molecular formula is C16H17ClN2O. The third-order valence-electron chi connectivity index (χ3n) is 3.07. The van der Waals surface area contributed by atoms with E-state index in [9.17, 15) is 4.79 Å². The molecule has 0 aliphatic rings. The van der Waals surface area contributed by atoms with Gasteiger partial charge in [-0.05, 0) is 41.8 Å². The number of anilines is 2. The van der Waals surface area contributed by atoms with E-state index in [-0.39, 0.29) is 5.91 Å². The fourth-order valence-electron chi connectivity index (χ4n) is 1.91. The minimum atomic E-state index is -0.236. The van der Waals surface area contributed by atoms with E-state index in [4.69, 9.17) is 17.3 Å². The molecule has 0 aliphatic carbocycles. The normalized spacial score (nSPS) is 10.6. The highest BCUT2D eigenvalue weighted by atomic mass is 35.5. The number of nitrogen functional groups attached to an aromatic ring is 1. The lowest BCUT2D eigenvalue weighted by molar-refractivity contribution is 0.102. The number of nitrogens with one attached hydrogen (secondary N) is 1. The van der Waals surface area contributed by atoms with Gasteiger partial charge in [0, 0.05) is 16.4 Å². The van der Waals surface area contributed by atoms with Crippen LogP contribution < -0.4 is 11.1 Å². The van der Waals surface area contributed by atoms with E-state index in [2.05, 4.69) is 19.2 Å². The van der Waals surface area contributed by atoms with Gasteiger partial charge in [0.1, 0.15) is 0 Å². The summed E-state index contributed by atoms with van der Waals surface area (Å²) in [6, 6.07) is 12.6. The van der Waals surface area contributed by atoms with Crippen molar-refractivity contribution in [3.05, 3.63) is 58.6 Å². The van der Waals surface area contributed by atoms with Crippen molar-refractivity contribution in [2.75, 3.05) is 11.1 Å². The number of benzene rings is 2. The first-order valence-corrected chi connectivity index (χ1v) is 6.81. The number of hydrogen-bond donors (Lipinski definition) is 2. The van der Waals surface area contributed by atoms with E-state index in [0.717, 1.165) is 5.69 Å². The van der Waals surface area contributed by atoms with Crippen molar-refractivity contribution in [3.8, 4) is 0 Å². The van der Waals surface area contributed by atoms with Crippen LogP contribution in [0.5, 0.6) is 0 Å². The topological polar surface area (TPSA) is 55.1 Å². The zero-order chi connectivity index (χ0) is 14.7. The van der Waals surface area contributed by atoms with Gasteiger partial charge in [-0.1, -0.05) is 37.6 Å². The number of halogens is 1. The summed E-state index contributed by atoms with van der Waals surface area (Å²) in [5, 5.41) is 3.37. The maximum atomic E-state index is 12.2. The minimum absolute atomic E-state index is 0.236. The summed E-state index contributed by atoms with van der Waals surface area (Å²) in [6.45, 7) is 4.22. The van der Waals surface area contributed by atoms with Crippen LogP contribution in [0, 0.1) is 0 Å². The molecule has 3 nitrogen and oxygen atoms in total. The van der Waals surface area contributed by atoms with Crippen LogP contribution in [0.1, 0.15) is 35.7 Å². The summed E-state index contributed by atoms with van der Waals surface area (Å²) in [5.74, 6) is 0.174. The summed E-state index contributed by atoms with van der Waals surface area (Å²) in [6.07, 6.45) is 0. The summed E-state index contributed by atoms with van der Waals surface area (Å²) in [4.78, 5) is 12.2. The Morgan fingerprint density at radius 2 is 1.95 bits per heavy atom. The van der Waals surface area contributed by atoms with E-state index in [0.29, 0.717) is 22.2 Å². The largest absolute Gasteiger partial charge is 0.398 e. The van der Waals surface area contributed by atoms with Gasteiger partial charge in [-0.2, -0.15) is 0 Å². The first-order chi connectivity index (χ1) is 9.47. The third-order valence-corrected chi connectivity index (χ3v) is 3.30. The van der Waals surface area contributed by atoms with Crippen molar-refractivity contribution in [2.45, 2.75) is 19.8 Å². The van der Waals surface area contributed by atoms with Crippen LogP contribution in [-0.4, -0.2) is 5.91 Å². The van der Waals surface area contributed by atoms with Gasteiger partial charge in [0.05, 0.1) is 5.56 Å². The molecule has 0 fully saturated rings. The lowest BCUT2D eigenvalue weighted by atomic mass is 10.0. The predicted molar refractivity (Wildman–Crippen MR) is 84.3 cm³/mol. The van der Waals surface area contributed by atoms with Gasteiger partial charge >= 0.3 is 0 Å². The number of carbonyl (C=O) groups is 1. The van der Waals surface area contributed by atoms with Crippen molar-refractivity contribution in [2.24, 2.45) is 0 Å². The molecule has 0 radical (unpaired) electrons. The maximum absolute atomic E-state index is 12.2. The van der Waals surface area contributed by atoms with Gasteiger partial charge in [0.2, 0.25) is 0 Å². The molecule has 0 unspecified atom stereocenters. The molecule has 0 bridgehead atoms. The number of nitrogens with two attached hydrogens (primary N) is 1. The predicted octanol–water partition coefficient (Wildman–Crippen LogP) is 4.30. The molecule has 104 valence electrons. The summed E-state index contributed by atoms with van der Waals surface area (Å²) in [7, 11) is 0. The van der Waals surface area contributed by atoms with E-state index >= 15 is 0 Å². The smallest absolute Gasteiger partial charge is 0.257 e. The third kappa shape index (κ3) is 3.31. The van der Waals surface area contributed by atoms with Gasteiger partial charge in [-0.25, -0.2) is 0 Å². The molecule has 0 atom stereocenters. The molecule has 0 heterocycles. The Balaban J connectivity index is 2.21. The first-order valence-electron chi connectivity index (χ1n) is 6.43. The van der Waals surface area contributed by atoms with Crippen LogP contribution in [0.3, 0.4) is 0 Å². The fourth-order valence-corrected chi connectivity index (χ4v) is 2.09. The highest BCUT2D eigenvalue weighted by Gasteiger charge is 2.10. The summed E-state index contributed by atoms with van der Waals surface area (Å²) in [5.41, 5.74) is 8.53. The molecule has 2 aromatic rings. The molecule has 0 saturated heterocycles. The van der Waals surface area contributed by atoms with Crippen LogP contribution in [0.15, 0.2) is 42.5 Å². The Morgan fingerprint density at radius 1 is 1.20 bits per heavy atom. The van der Waals surface area contributed by atoms with Crippen LogP contribution in [-0.2, 0) is 0 Å². The van der Waals surface area contributed by atoms with Crippen molar-refractivity contribution < 1.29 is 4.79 Å². The lowest BCUT2D eigenvalue weighted by Gasteiger charge is -2.10. The average molecular weight is 289 g/mol. The fraction of sp³-hybridized carbons (Fsp3) is 0.188. The van der Waals surface area contributed by atoms with Gasteiger partial charge in [-0.15, -0.1) is 0 Å². The highest BCUT2D eigenvalue weighted by molar-refractivity contribution is 6.31. The number of hydrogen-bond acceptors (Lipinski definition) is 2. The second kappa shape index (κ2) is 5.97. The summed E-state index contributed by atoms with van der Waals surface area (Å²) >= 11 is 5.83. The molecular weight excluding hydrogens is 272 g/mol.